The zero-order valence-electron chi connectivity index (χ0n) is 16.0. The molecule has 0 aliphatic carbocycles. The highest BCUT2D eigenvalue weighted by atomic mass is 32.2. The molecule has 1 aliphatic heterocycles. The molecule has 2 aromatic rings. The van der Waals surface area contributed by atoms with E-state index in [0.29, 0.717) is 23.4 Å². The normalized spacial score (nSPS) is 16.8. The largest absolute Gasteiger partial charge is 0.375 e. The van der Waals surface area contributed by atoms with Crippen molar-refractivity contribution in [2.45, 2.75) is 19.4 Å². The molecule has 148 valence electrons. The van der Waals surface area contributed by atoms with Crippen molar-refractivity contribution in [1.29, 1.82) is 0 Å². The Balaban J connectivity index is 2.00. The van der Waals surface area contributed by atoms with Gasteiger partial charge >= 0.3 is 0 Å². The SMILES string of the molecule is COCC(=O)N1N=C(c2ccccc2NS(C)(=O)=O)C[C@H]1c1ccc(C)cc1. The van der Waals surface area contributed by atoms with Gasteiger partial charge in [-0.1, -0.05) is 48.0 Å². The molecule has 0 radical (unpaired) electrons. The molecule has 2 aromatic carbocycles. The molecular weight excluding hydrogens is 378 g/mol. The predicted octanol–water partition coefficient (Wildman–Crippen LogP) is 2.69. The first kappa shape index (κ1) is 20.0. The van der Waals surface area contributed by atoms with Gasteiger partial charge < -0.3 is 4.74 Å². The lowest BCUT2D eigenvalue weighted by Crippen LogP contribution is -2.30. The average Bonchev–Trinajstić information content (AvgIpc) is 3.07. The van der Waals surface area contributed by atoms with Gasteiger partial charge in [-0.25, -0.2) is 13.4 Å². The van der Waals surface area contributed by atoms with Gasteiger partial charge in [0.25, 0.3) is 5.91 Å². The highest BCUT2D eigenvalue weighted by Crippen LogP contribution is 2.34. The molecule has 1 aliphatic rings. The van der Waals surface area contributed by atoms with Gasteiger partial charge in [-0.2, -0.15) is 5.10 Å². The molecular formula is C20H23N3O4S. The number of hydrogen-bond acceptors (Lipinski definition) is 5. The van der Waals surface area contributed by atoms with Crippen LogP contribution in [0.25, 0.3) is 0 Å². The van der Waals surface area contributed by atoms with Crippen LogP contribution in [0.1, 0.15) is 29.2 Å². The first-order chi connectivity index (χ1) is 13.3. The van der Waals surface area contributed by atoms with Crippen LogP contribution in [-0.2, 0) is 19.6 Å². The Labute approximate surface area is 165 Å². The lowest BCUT2D eigenvalue weighted by atomic mass is 9.97. The quantitative estimate of drug-likeness (QED) is 0.806. The number of anilines is 1. The molecule has 0 fully saturated rings. The number of aryl methyl sites for hydroxylation is 1. The zero-order valence-corrected chi connectivity index (χ0v) is 16.9. The maximum Gasteiger partial charge on any atom is 0.269 e. The number of carbonyl (C=O) groups excluding carboxylic acids is 1. The molecule has 0 bridgehead atoms. The van der Waals surface area contributed by atoms with E-state index < -0.39 is 10.0 Å². The number of nitrogens with one attached hydrogen (secondary N) is 1. The van der Waals surface area contributed by atoms with Gasteiger partial charge in [0.05, 0.1) is 23.7 Å². The van der Waals surface area contributed by atoms with Crippen LogP contribution >= 0.6 is 0 Å². The summed E-state index contributed by atoms with van der Waals surface area (Å²) in [6.07, 6.45) is 1.57. The number of sulfonamides is 1. The number of hydrazone groups is 1. The van der Waals surface area contributed by atoms with Gasteiger partial charge in [-0.05, 0) is 18.6 Å². The summed E-state index contributed by atoms with van der Waals surface area (Å²) in [4.78, 5) is 12.6. The minimum Gasteiger partial charge on any atom is -0.375 e. The molecule has 1 N–H and O–H groups in total. The van der Waals surface area contributed by atoms with E-state index in [1.54, 1.807) is 18.2 Å². The number of benzene rings is 2. The molecule has 8 heteroatoms. The third-order valence-corrected chi connectivity index (χ3v) is 5.02. The number of para-hydroxylation sites is 1. The summed E-state index contributed by atoms with van der Waals surface area (Å²) in [6, 6.07) is 14.7. The highest BCUT2D eigenvalue weighted by molar-refractivity contribution is 7.92. The van der Waals surface area contributed by atoms with E-state index in [-0.39, 0.29) is 18.6 Å². The predicted molar refractivity (Wildman–Crippen MR) is 109 cm³/mol. The van der Waals surface area contributed by atoms with Crippen LogP contribution in [-0.4, -0.2) is 45.0 Å². The van der Waals surface area contributed by atoms with Crippen molar-refractivity contribution >= 4 is 27.3 Å². The summed E-state index contributed by atoms with van der Waals surface area (Å²) in [6.45, 7) is 1.92. The molecule has 3 rings (SSSR count). The van der Waals surface area contributed by atoms with Crippen molar-refractivity contribution in [3.8, 4) is 0 Å². The van der Waals surface area contributed by atoms with Crippen molar-refractivity contribution in [1.82, 2.24) is 5.01 Å². The van der Waals surface area contributed by atoms with Crippen LogP contribution in [0.4, 0.5) is 5.69 Å². The van der Waals surface area contributed by atoms with Crippen molar-refractivity contribution in [2.24, 2.45) is 5.10 Å². The Bertz CT molecular complexity index is 1000. The van der Waals surface area contributed by atoms with Crippen LogP contribution in [0.15, 0.2) is 53.6 Å². The van der Waals surface area contributed by atoms with E-state index in [2.05, 4.69) is 9.82 Å². The van der Waals surface area contributed by atoms with Gasteiger partial charge in [0, 0.05) is 19.1 Å². The number of hydrogen-bond donors (Lipinski definition) is 1. The van der Waals surface area contributed by atoms with E-state index in [4.69, 9.17) is 4.74 Å². The Kier molecular flexibility index (Phi) is 5.81. The summed E-state index contributed by atoms with van der Waals surface area (Å²) in [7, 11) is -1.98. The minimum absolute atomic E-state index is 0.0810. The lowest BCUT2D eigenvalue weighted by Gasteiger charge is -2.21. The summed E-state index contributed by atoms with van der Waals surface area (Å²) in [5.74, 6) is -0.253. The van der Waals surface area contributed by atoms with Crippen LogP contribution in [0.2, 0.25) is 0 Å². The zero-order chi connectivity index (χ0) is 20.3. The third-order valence-electron chi connectivity index (χ3n) is 4.43. The molecule has 1 amide bonds. The van der Waals surface area contributed by atoms with Gasteiger partial charge in [-0.15, -0.1) is 0 Å². The summed E-state index contributed by atoms with van der Waals surface area (Å²) < 4.78 is 30.9. The number of rotatable bonds is 6. The second-order valence-electron chi connectivity index (χ2n) is 6.77. The van der Waals surface area contributed by atoms with Crippen molar-refractivity contribution < 1.29 is 17.9 Å². The van der Waals surface area contributed by atoms with E-state index in [9.17, 15) is 13.2 Å². The third kappa shape index (κ3) is 4.58. The lowest BCUT2D eigenvalue weighted by molar-refractivity contribution is -0.137. The first-order valence-electron chi connectivity index (χ1n) is 8.80. The molecule has 1 heterocycles. The number of carbonyl (C=O) groups is 1. The van der Waals surface area contributed by atoms with E-state index in [1.807, 2.05) is 37.3 Å². The van der Waals surface area contributed by atoms with Gasteiger partial charge in [0.15, 0.2) is 0 Å². The first-order valence-corrected chi connectivity index (χ1v) is 10.7. The monoisotopic (exact) mass is 401 g/mol. The summed E-state index contributed by atoms with van der Waals surface area (Å²) >= 11 is 0. The second kappa shape index (κ2) is 8.12. The Morgan fingerprint density at radius 3 is 2.54 bits per heavy atom. The second-order valence-corrected chi connectivity index (χ2v) is 8.52. The smallest absolute Gasteiger partial charge is 0.269 e. The fraction of sp³-hybridized carbons (Fsp3) is 0.300. The molecule has 1 atom stereocenters. The van der Waals surface area contributed by atoms with Gasteiger partial charge in [0.1, 0.15) is 6.61 Å². The van der Waals surface area contributed by atoms with E-state index in [0.717, 1.165) is 17.4 Å². The molecule has 28 heavy (non-hydrogen) atoms. The van der Waals surface area contributed by atoms with Crippen LogP contribution < -0.4 is 4.72 Å². The maximum absolute atomic E-state index is 12.6. The fourth-order valence-corrected chi connectivity index (χ4v) is 3.74. The fourth-order valence-electron chi connectivity index (χ4n) is 3.16. The molecule has 0 spiro atoms. The number of amides is 1. The van der Waals surface area contributed by atoms with Crippen molar-refractivity contribution in [3.63, 3.8) is 0 Å². The molecule has 0 saturated carbocycles. The van der Waals surface area contributed by atoms with E-state index in [1.165, 1.54) is 12.1 Å². The Hall–Kier alpha value is -2.71. The Morgan fingerprint density at radius 1 is 1.21 bits per heavy atom. The summed E-state index contributed by atoms with van der Waals surface area (Å²) in [5, 5.41) is 5.96. The van der Waals surface area contributed by atoms with Crippen LogP contribution in [0.3, 0.4) is 0 Å². The molecule has 0 saturated heterocycles. The number of nitrogens with zero attached hydrogens (tertiary/aromatic N) is 2. The molecule has 0 aromatic heterocycles. The number of methoxy groups -OCH3 is 1. The average molecular weight is 401 g/mol. The summed E-state index contributed by atoms with van der Waals surface area (Å²) in [5.41, 5.74) is 3.81. The Morgan fingerprint density at radius 2 is 1.89 bits per heavy atom. The maximum atomic E-state index is 12.6. The van der Waals surface area contributed by atoms with Crippen molar-refractivity contribution in [2.75, 3.05) is 24.7 Å². The van der Waals surface area contributed by atoms with Gasteiger partial charge in [-0.3, -0.25) is 9.52 Å². The molecule has 0 unspecified atom stereocenters. The van der Waals surface area contributed by atoms with Crippen molar-refractivity contribution in [3.05, 3.63) is 65.2 Å². The minimum atomic E-state index is -3.44. The van der Waals surface area contributed by atoms with Crippen LogP contribution in [0, 0.1) is 6.92 Å². The van der Waals surface area contributed by atoms with Gasteiger partial charge in [0.2, 0.25) is 10.0 Å². The topological polar surface area (TPSA) is 88.1 Å². The molecule has 7 nitrogen and oxygen atoms in total. The number of ether oxygens (including phenoxy) is 1. The highest BCUT2D eigenvalue weighted by Gasteiger charge is 2.33. The standard InChI is InChI=1S/C20H23N3O4S/c1-14-8-10-15(11-9-14)19-12-18(21-23(19)20(24)13-27-2)16-6-4-5-7-17(16)22-28(3,25)26/h4-11,19,22H,12-13H2,1-3H3/t19-/m0/s1. The van der Waals surface area contributed by atoms with E-state index >= 15 is 0 Å². The van der Waals surface area contributed by atoms with Crippen LogP contribution in [0.5, 0.6) is 0 Å².